The molecule has 2 aliphatic rings. The topological polar surface area (TPSA) is 87.1 Å². The monoisotopic (exact) mass is 522 g/mol. The predicted octanol–water partition coefficient (Wildman–Crippen LogP) is 4.15. The molecule has 0 bridgehead atoms. The first-order chi connectivity index (χ1) is 16.2. The molecule has 0 spiro atoms. The normalized spacial score (nSPS) is 19.6. The van der Waals surface area contributed by atoms with Crippen LogP contribution in [0.5, 0.6) is 5.75 Å². The minimum atomic E-state index is -3.94. The van der Waals surface area contributed by atoms with E-state index in [1.807, 2.05) is 30.1 Å². The van der Waals surface area contributed by atoms with Crippen molar-refractivity contribution >= 4 is 28.4 Å². The number of rotatable bonds is 6. The van der Waals surface area contributed by atoms with Crippen LogP contribution in [0.3, 0.4) is 0 Å². The lowest BCUT2D eigenvalue weighted by molar-refractivity contribution is -0.141. The summed E-state index contributed by atoms with van der Waals surface area (Å²) in [6.07, 6.45) is 1.64. The zero-order valence-corrected chi connectivity index (χ0v) is 22.2. The lowest BCUT2D eigenvalue weighted by atomic mass is 9.87. The summed E-state index contributed by atoms with van der Waals surface area (Å²) in [5.41, 5.74) is 4.61. The van der Waals surface area contributed by atoms with Crippen LogP contribution >= 0.6 is 12.4 Å². The van der Waals surface area contributed by atoms with Gasteiger partial charge in [-0.1, -0.05) is 30.3 Å². The van der Waals surface area contributed by atoms with Crippen molar-refractivity contribution in [3.8, 4) is 16.9 Å². The number of methoxy groups -OCH3 is 1. The molecule has 9 heteroatoms. The van der Waals surface area contributed by atoms with E-state index in [1.165, 1.54) is 9.87 Å². The molecule has 0 atom stereocenters. The molecule has 0 aliphatic carbocycles. The smallest absolute Gasteiger partial charge is 0.326 e. The van der Waals surface area contributed by atoms with Gasteiger partial charge in [-0.2, -0.15) is 0 Å². The van der Waals surface area contributed by atoms with E-state index in [2.05, 4.69) is 31.2 Å². The quantitative estimate of drug-likeness (QED) is 0.613. The van der Waals surface area contributed by atoms with Crippen molar-refractivity contribution in [2.45, 2.75) is 43.3 Å². The molecule has 0 radical (unpaired) electrons. The summed E-state index contributed by atoms with van der Waals surface area (Å²) in [5.74, 6) is -0.146. The third kappa shape index (κ3) is 5.21. The van der Waals surface area contributed by atoms with Crippen LogP contribution in [0.25, 0.3) is 11.1 Å². The number of nitrogens with zero attached hydrogens (tertiary/aromatic N) is 2. The number of hydrogen-bond acceptors (Lipinski definition) is 5. The maximum Gasteiger partial charge on any atom is 0.326 e. The molecule has 7 nitrogen and oxygen atoms in total. The van der Waals surface area contributed by atoms with Gasteiger partial charge in [-0.25, -0.2) is 12.7 Å². The largest absolute Gasteiger partial charge is 0.497 e. The molecule has 2 aromatic rings. The van der Waals surface area contributed by atoms with Crippen LogP contribution in [-0.4, -0.2) is 73.8 Å². The Labute approximate surface area is 214 Å². The van der Waals surface area contributed by atoms with E-state index < -0.39 is 20.7 Å². The Balaban J connectivity index is 0.00000342. The highest BCUT2D eigenvalue weighted by molar-refractivity contribution is 7.91. The third-order valence-corrected chi connectivity index (χ3v) is 10.2. The Morgan fingerprint density at radius 1 is 1.06 bits per heavy atom. The molecule has 1 N–H and O–H groups in total. The first-order valence-corrected chi connectivity index (χ1v) is 13.3. The number of ether oxygens (including phenoxy) is 1. The van der Waals surface area contributed by atoms with Crippen molar-refractivity contribution in [1.29, 1.82) is 0 Å². The molecule has 0 amide bonds. The number of aryl methyl sites for hydroxylation is 1. The fourth-order valence-corrected chi connectivity index (χ4v) is 7.40. The molecule has 0 aromatic heterocycles. The van der Waals surface area contributed by atoms with Gasteiger partial charge in [0, 0.05) is 13.1 Å². The lowest BCUT2D eigenvalue weighted by Gasteiger charge is -2.41. The Hall–Kier alpha value is -2.13. The van der Waals surface area contributed by atoms with E-state index in [4.69, 9.17) is 4.74 Å². The number of piperidine rings is 2. The van der Waals surface area contributed by atoms with E-state index >= 15 is 0 Å². The van der Waals surface area contributed by atoms with Crippen molar-refractivity contribution in [2.24, 2.45) is 0 Å². The van der Waals surface area contributed by atoms with Gasteiger partial charge in [0.25, 0.3) is 0 Å². The minimum absolute atomic E-state index is 0. The van der Waals surface area contributed by atoms with Gasteiger partial charge in [-0.05, 0) is 93.0 Å². The summed E-state index contributed by atoms with van der Waals surface area (Å²) < 4.78 is 32.0. The molecule has 2 saturated heterocycles. The van der Waals surface area contributed by atoms with E-state index in [0.717, 1.165) is 22.4 Å². The minimum Gasteiger partial charge on any atom is -0.497 e. The van der Waals surface area contributed by atoms with E-state index in [-0.39, 0.29) is 31.2 Å². The second-order valence-electron chi connectivity index (χ2n) is 9.59. The van der Waals surface area contributed by atoms with Gasteiger partial charge in [0.05, 0.1) is 7.11 Å². The number of likely N-dealkylation sites (tertiary alicyclic amines) is 1. The summed E-state index contributed by atoms with van der Waals surface area (Å²) in [6, 6.07) is 14.4. The van der Waals surface area contributed by atoms with Crippen LogP contribution in [0, 0.1) is 6.92 Å². The molecule has 2 fully saturated rings. The van der Waals surface area contributed by atoms with Crippen molar-refractivity contribution in [3.05, 3.63) is 53.6 Å². The van der Waals surface area contributed by atoms with E-state index in [1.54, 1.807) is 7.11 Å². The average molecular weight is 523 g/mol. The molecule has 192 valence electrons. The Kier molecular flexibility index (Phi) is 8.52. The summed E-state index contributed by atoms with van der Waals surface area (Å²) in [4.78, 5) is 14.1. The van der Waals surface area contributed by atoms with Crippen molar-refractivity contribution in [2.75, 3.05) is 40.3 Å². The molecule has 2 aromatic carbocycles. The fourth-order valence-electron chi connectivity index (χ4n) is 5.29. The van der Waals surface area contributed by atoms with Crippen LogP contribution in [0.4, 0.5) is 0 Å². The Morgan fingerprint density at radius 3 is 2.29 bits per heavy atom. The number of sulfonamides is 1. The number of hydrogen-bond donors (Lipinski definition) is 1. The van der Waals surface area contributed by atoms with Gasteiger partial charge in [-0.3, -0.25) is 4.79 Å². The number of benzene rings is 2. The summed E-state index contributed by atoms with van der Waals surface area (Å²) in [7, 11) is -0.384. The standard InChI is InChI=1S/C26H34N2O5S.ClH/c1-19-17-21(7-8-24(19)22-5-4-6-23(18-22)33-3)20-9-13-28(14-10-20)34(31,32)26(25(29)30)11-15-27(2)16-12-26;/h4-8,17-18,20H,9-16H2,1-3H3,(H,29,30);1H. The van der Waals surface area contributed by atoms with Crippen molar-refractivity contribution in [1.82, 2.24) is 9.21 Å². The molecule has 0 unspecified atom stereocenters. The first kappa shape index (κ1) is 27.5. The highest BCUT2D eigenvalue weighted by Crippen LogP contribution is 2.38. The van der Waals surface area contributed by atoms with Crippen molar-refractivity contribution in [3.63, 3.8) is 0 Å². The number of aliphatic carboxylic acids is 1. The first-order valence-electron chi connectivity index (χ1n) is 11.8. The third-order valence-electron chi connectivity index (χ3n) is 7.57. The molecule has 0 saturated carbocycles. The lowest BCUT2D eigenvalue weighted by Crippen LogP contribution is -2.59. The highest BCUT2D eigenvalue weighted by atomic mass is 35.5. The van der Waals surface area contributed by atoms with E-state index in [0.29, 0.717) is 39.0 Å². The fraction of sp³-hybridized carbons (Fsp3) is 0.500. The highest BCUT2D eigenvalue weighted by Gasteiger charge is 2.55. The number of halogens is 1. The Morgan fingerprint density at radius 2 is 1.71 bits per heavy atom. The summed E-state index contributed by atoms with van der Waals surface area (Å²) >= 11 is 0. The van der Waals surface area contributed by atoms with Crippen LogP contribution in [0.2, 0.25) is 0 Å². The predicted molar refractivity (Wildman–Crippen MR) is 140 cm³/mol. The molecular formula is C26H35ClN2O5S. The second kappa shape index (κ2) is 10.9. The maximum absolute atomic E-state index is 13.5. The van der Waals surface area contributed by atoms with Crippen LogP contribution in [0.1, 0.15) is 42.7 Å². The Bertz CT molecular complexity index is 1150. The van der Waals surface area contributed by atoms with Gasteiger partial charge >= 0.3 is 5.97 Å². The zero-order chi connectivity index (χ0) is 24.5. The van der Waals surface area contributed by atoms with Gasteiger partial charge < -0.3 is 14.7 Å². The van der Waals surface area contributed by atoms with Gasteiger partial charge in [-0.15, -0.1) is 12.4 Å². The molecule has 35 heavy (non-hydrogen) atoms. The van der Waals surface area contributed by atoms with Crippen LogP contribution in [-0.2, 0) is 14.8 Å². The van der Waals surface area contributed by atoms with Crippen LogP contribution in [0.15, 0.2) is 42.5 Å². The SMILES string of the molecule is COc1cccc(-c2ccc(C3CCN(S(=O)(=O)C4(C(=O)O)CCN(C)CC4)CC3)cc2C)c1.Cl. The van der Waals surface area contributed by atoms with Crippen molar-refractivity contribution < 1.29 is 23.1 Å². The second-order valence-corrected chi connectivity index (χ2v) is 11.8. The van der Waals surface area contributed by atoms with E-state index in [9.17, 15) is 18.3 Å². The molecule has 2 heterocycles. The average Bonchev–Trinajstić information content (AvgIpc) is 2.84. The number of carboxylic acids is 1. The number of carboxylic acid groups (broad SMARTS) is 1. The molecular weight excluding hydrogens is 488 g/mol. The summed E-state index contributed by atoms with van der Waals surface area (Å²) in [5, 5.41) is 9.92. The van der Waals surface area contributed by atoms with Crippen LogP contribution < -0.4 is 4.74 Å². The molecule has 4 rings (SSSR count). The molecule has 2 aliphatic heterocycles. The maximum atomic E-state index is 13.5. The zero-order valence-electron chi connectivity index (χ0n) is 20.6. The van der Waals surface area contributed by atoms with Gasteiger partial charge in [0.2, 0.25) is 10.0 Å². The van der Waals surface area contributed by atoms with Gasteiger partial charge in [0.15, 0.2) is 4.75 Å². The van der Waals surface area contributed by atoms with Gasteiger partial charge in [0.1, 0.15) is 5.75 Å². The number of carbonyl (C=O) groups is 1. The summed E-state index contributed by atoms with van der Waals surface area (Å²) in [6.45, 7) is 3.75.